The van der Waals surface area contributed by atoms with E-state index in [1.807, 2.05) is 42.5 Å². The van der Waals surface area contributed by atoms with Gasteiger partial charge in [-0.15, -0.1) is 0 Å². The Labute approximate surface area is 137 Å². The van der Waals surface area contributed by atoms with Crippen LogP contribution >= 0.6 is 0 Å². The molecule has 0 unspecified atom stereocenters. The number of pyridine rings is 1. The molecule has 0 radical (unpaired) electrons. The summed E-state index contributed by atoms with van der Waals surface area (Å²) in [4.78, 5) is 15.2. The summed E-state index contributed by atoms with van der Waals surface area (Å²) in [7, 11) is -1.89. The van der Waals surface area contributed by atoms with Crippen molar-refractivity contribution in [2.45, 2.75) is 38.9 Å². The first-order valence-corrected chi connectivity index (χ1v) is 10.8. The smallest absolute Gasteiger partial charge is 0.256 e. The van der Waals surface area contributed by atoms with E-state index in [1.165, 1.54) is 0 Å². The fourth-order valence-corrected chi connectivity index (χ4v) is 3.50. The minimum absolute atomic E-state index is 0.0578. The molecule has 2 aromatic carbocycles. The van der Waals surface area contributed by atoms with Gasteiger partial charge >= 0.3 is 0 Å². The van der Waals surface area contributed by atoms with Crippen molar-refractivity contribution in [3.05, 3.63) is 52.8 Å². The monoisotopic (exact) mass is 325 g/mol. The van der Waals surface area contributed by atoms with E-state index in [0.29, 0.717) is 0 Å². The predicted molar refractivity (Wildman–Crippen MR) is 99.9 cm³/mol. The van der Waals surface area contributed by atoms with Crippen LogP contribution in [0, 0.1) is 0 Å². The van der Waals surface area contributed by atoms with Crippen LogP contribution in [0.5, 0.6) is 5.75 Å². The Bertz CT molecular complexity index is 935. The molecule has 4 heteroatoms. The minimum Gasteiger partial charge on any atom is -0.543 e. The molecule has 1 N–H and O–H groups in total. The summed E-state index contributed by atoms with van der Waals surface area (Å²) < 4.78 is 6.34. The second-order valence-corrected chi connectivity index (χ2v) is 12.3. The highest BCUT2D eigenvalue weighted by molar-refractivity contribution is 6.74. The van der Waals surface area contributed by atoms with Gasteiger partial charge in [-0.05, 0) is 41.7 Å². The van der Waals surface area contributed by atoms with Crippen molar-refractivity contribution in [3.8, 4) is 5.75 Å². The molecule has 0 atom stereocenters. The van der Waals surface area contributed by atoms with Gasteiger partial charge in [-0.25, -0.2) is 0 Å². The number of nitrogens with one attached hydrogen (secondary N) is 1. The molecule has 1 aromatic heterocycles. The van der Waals surface area contributed by atoms with E-state index in [1.54, 1.807) is 0 Å². The first-order chi connectivity index (χ1) is 10.7. The maximum Gasteiger partial charge on any atom is 0.256 e. The van der Waals surface area contributed by atoms with Gasteiger partial charge in [0.1, 0.15) is 5.75 Å². The van der Waals surface area contributed by atoms with Crippen molar-refractivity contribution < 1.29 is 4.43 Å². The molecule has 120 valence electrons. The molecule has 0 saturated carbocycles. The molecular formula is C19H23NO2Si. The Morgan fingerprint density at radius 2 is 1.61 bits per heavy atom. The van der Waals surface area contributed by atoms with Gasteiger partial charge in [-0.3, -0.25) is 4.79 Å². The third-order valence-corrected chi connectivity index (χ3v) is 9.24. The van der Waals surface area contributed by atoms with Crippen molar-refractivity contribution in [3.63, 3.8) is 0 Å². The fourth-order valence-electron chi connectivity index (χ4n) is 2.48. The van der Waals surface area contributed by atoms with Crippen LogP contribution in [-0.2, 0) is 0 Å². The number of hydrogen-bond donors (Lipinski definition) is 1. The average Bonchev–Trinajstić information content (AvgIpc) is 2.46. The lowest BCUT2D eigenvalue weighted by Crippen LogP contribution is -2.43. The SMILES string of the molecule is CC(C)(C)[Si](C)(C)Oc1ccc2c(c1)[nH]c(=O)c1ccccc12. The molecule has 0 saturated heterocycles. The van der Waals surface area contributed by atoms with E-state index in [9.17, 15) is 4.79 Å². The topological polar surface area (TPSA) is 42.1 Å². The van der Waals surface area contributed by atoms with Gasteiger partial charge < -0.3 is 9.41 Å². The number of H-pyrrole nitrogens is 1. The number of aromatic nitrogens is 1. The molecule has 3 rings (SSSR count). The predicted octanol–water partition coefficient (Wildman–Crippen LogP) is 5.07. The lowest BCUT2D eigenvalue weighted by Gasteiger charge is -2.36. The van der Waals surface area contributed by atoms with Crippen LogP contribution < -0.4 is 9.99 Å². The molecule has 3 nitrogen and oxygen atoms in total. The fraction of sp³-hybridized carbons (Fsp3) is 0.316. The standard InChI is InChI=1S/C19H23NO2Si/c1-19(2,3)23(4,5)22-13-10-11-15-14-8-6-7-9-16(14)18(21)20-17(15)12-13/h6-12H,1-5H3,(H,20,21). The Morgan fingerprint density at radius 3 is 2.26 bits per heavy atom. The van der Waals surface area contributed by atoms with Gasteiger partial charge in [0.05, 0.1) is 5.52 Å². The maximum atomic E-state index is 12.3. The molecule has 0 fully saturated rings. The Balaban J connectivity index is 2.14. The van der Waals surface area contributed by atoms with E-state index >= 15 is 0 Å². The van der Waals surface area contributed by atoms with Crippen LogP contribution in [0.2, 0.25) is 18.1 Å². The zero-order valence-corrected chi connectivity index (χ0v) is 15.4. The van der Waals surface area contributed by atoms with Crippen molar-refractivity contribution in [2.24, 2.45) is 0 Å². The highest BCUT2D eigenvalue weighted by Crippen LogP contribution is 2.38. The van der Waals surface area contributed by atoms with Crippen LogP contribution in [0.15, 0.2) is 47.3 Å². The number of rotatable bonds is 2. The zero-order chi connectivity index (χ0) is 16.8. The normalized spacial score (nSPS) is 12.7. The Kier molecular flexibility index (Phi) is 3.60. The van der Waals surface area contributed by atoms with Crippen LogP contribution in [0.25, 0.3) is 21.7 Å². The molecule has 0 aliphatic carbocycles. The highest BCUT2D eigenvalue weighted by atomic mass is 28.4. The van der Waals surface area contributed by atoms with Gasteiger partial charge in [0, 0.05) is 16.8 Å². The third-order valence-electron chi connectivity index (χ3n) is 4.88. The second kappa shape index (κ2) is 5.23. The van der Waals surface area contributed by atoms with Gasteiger partial charge in [0.2, 0.25) is 8.32 Å². The van der Waals surface area contributed by atoms with Crippen molar-refractivity contribution in [2.75, 3.05) is 0 Å². The number of aromatic amines is 1. The van der Waals surface area contributed by atoms with Crippen molar-refractivity contribution in [1.29, 1.82) is 0 Å². The Morgan fingerprint density at radius 1 is 0.957 bits per heavy atom. The average molecular weight is 325 g/mol. The quantitative estimate of drug-likeness (QED) is 0.528. The molecule has 23 heavy (non-hydrogen) atoms. The second-order valence-electron chi connectivity index (χ2n) is 7.57. The lowest BCUT2D eigenvalue weighted by atomic mass is 10.1. The summed E-state index contributed by atoms with van der Waals surface area (Å²) in [6, 6.07) is 13.7. The first-order valence-electron chi connectivity index (χ1n) is 7.93. The zero-order valence-electron chi connectivity index (χ0n) is 14.4. The van der Waals surface area contributed by atoms with E-state index in [4.69, 9.17) is 4.43 Å². The molecule has 0 aliphatic heterocycles. The lowest BCUT2D eigenvalue weighted by molar-refractivity contribution is 0.492. The molecule has 0 spiro atoms. The third kappa shape index (κ3) is 2.79. The van der Waals surface area contributed by atoms with E-state index in [-0.39, 0.29) is 10.6 Å². The number of benzene rings is 2. The van der Waals surface area contributed by atoms with Gasteiger partial charge in [-0.2, -0.15) is 0 Å². The van der Waals surface area contributed by atoms with E-state index in [2.05, 4.69) is 38.8 Å². The minimum atomic E-state index is -1.89. The molecule has 3 aromatic rings. The Hall–Kier alpha value is -2.07. The number of hydrogen-bond acceptors (Lipinski definition) is 2. The molecule has 0 aliphatic rings. The van der Waals surface area contributed by atoms with Crippen LogP contribution in [-0.4, -0.2) is 13.3 Å². The summed E-state index contributed by atoms with van der Waals surface area (Å²) in [6.07, 6.45) is 0. The largest absolute Gasteiger partial charge is 0.543 e. The van der Waals surface area contributed by atoms with Crippen molar-refractivity contribution >= 4 is 30.0 Å². The van der Waals surface area contributed by atoms with Crippen LogP contribution in [0.4, 0.5) is 0 Å². The molecular weight excluding hydrogens is 302 g/mol. The van der Waals surface area contributed by atoms with Gasteiger partial charge in [0.25, 0.3) is 5.56 Å². The number of fused-ring (bicyclic) bond motifs is 3. The summed E-state index contributed by atoms with van der Waals surface area (Å²) in [5, 5.41) is 2.88. The van der Waals surface area contributed by atoms with Crippen LogP contribution in [0.1, 0.15) is 20.8 Å². The first kappa shape index (κ1) is 15.8. The van der Waals surface area contributed by atoms with E-state index in [0.717, 1.165) is 27.4 Å². The van der Waals surface area contributed by atoms with Crippen LogP contribution in [0.3, 0.4) is 0 Å². The summed E-state index contributed by atoms with van der Waals surface area (Å²) in [6.45, 7) is 11.1. The van der Waals surface area contributed by atoms with E-state index < -0.39 is 8.32 Å². The maximum absolute atomic E-state index is 12.3. The highest BCUT2D eigenvalue weighted by Gasteiger charge is 2.38. The summed E-state index contributed by atoms with van der Waals surface area (Å²) in [5.41, 5.74) is 0.766. The van der Waals surface area contributed by atoms with Gasteiger partial charge in [0.15, 0.2) is 0 Å². The molecule has 1 heterocycles. The molecule has 0 bridgehead atoms. The van der Waals surface area contributed by atoms with Crippen molar-refractivity contribution in [1.82, 2.24) is 4.98 Å². The molecule has 0 amide bonds. The van der Waals surface area contributed by atoms with Gasteiger partial charge in [-0.1, -0.05) is 39.0 Å². The summed E-state index contributed by atoms with van der Waals surface area (Å²) in [5.74, 6) is 0.829. The summed E-state index contributed by atoms with van der Waals surface area (Å²) >= 11 is 0.